The first-order valence-corrected chi connectivity index (χ1v) is 27.2. The average molecular weight is 975 g/mol. The summed E-state index contributed by atoms with van der Waals surface area (Å²) in [5, 5.41) is 2.16. The number of sulfone groups is 1. The van der Waals surface area contributed by atoms with Gasteiger partial charge in [-0.25, -0.2) is 26.4 Å². The van der Waals surface area contributed by atoms with Crippen LogP contribution in [0.2, 0.25) is 0 Å². The molecule has 2 aliphatic heterocycles. The number of nitrogens with zero attached hydrogens (tertiary/aromatic N) is 4. The van der Waals surface area contributed by atoms with Crippen LogP contribution in [-0.2, 0) is 47.2 Å². The van der Waals surface area contributed by atoms with E-state index in [1.165, 1.54) is 17.4 Å². The van der Waals surface area contributed by atoms with Crippen molar-refractivity contribution >= 4 is 69.3 Å². The van der Waals surface area contributed by atoms with Gasteiger partial charge in [0.25, 0.3) is 0 Å². The fourth-order valence-corrected chi connectivity index (χ4v) is 9.49. The number of fused-ring (bicyclic) bond motifs is 2. The summed E-state index contributed by atoms with van der Waals surface area (Å²) in [6.07, 6.45) is 7.47. The zero-order chi connectivity index (χ0) is 48.9. The van der Waals surface area contributed by atoms with Gasteiger partial charge in [0, 0.05) is 72.0 Å². The van der Waals surface area contributed by atoms with Gasteiger partial charge in [0.2, 0.25) is 9.05 Å². The molecule has 0 radical (unpaired) electrons. The van der Waals surface area contributed by atoms with E-state index in [1.54, 1.807) is 9.13 Å². The van der Waals surface area contributed by atoms with Crippen molar-refractivity contribution in [3.8, 4) is 0 Å². The second-order valence-electron chi connectivity index (χ2n) is 19.7. The lowest BCUT2D eigenvalue weighted by Gasteiger charge is -2.19. The third kappa shape index (κ3) is 15.2. The number of carbonyl (C=O) groups is 2. The molecule has 16 heteroatoms. The predicted molar refractivity (Wildman–Crippen MR) is 269 cm³/mol. The number of halogens is 1. The van der Waals surface area contributed by atoms with E-state index < -0.39 is 30.1 Å². The molecule has 2 aromatic heterocycles. The summed E-state index contributed by atoms with van der Waals surface area (Å²) < 4.78 is 56.6. The molecule has 2 N–H and O–H groups in total. The molecule has 2 atom stereocenters. The SMILES string of the molecule is CC(C)(C)OC(=O)n1cc(CN2CCC(c3cccc(CS(C)(=O)=O)c3)C2)c2ccccc21.CC(C)(C)OC(=O)n1cc(CN2CCC(c3cccc(N)c3)C2)c2ccccc21.CS(=O)(=O)Cl. The number of hydrogen-bond acceptors (Lipinski definition) is 11. The Hall–Kier alpha value is -5.19. The fraction of sp³-hybridized carbons (Fsp3) is 0.412. The van der Waals surface area contributed by atoms with Gasteiger partial charge >= 0.3 is 12.2 Å². The largest absolute Gasteiger partial charge is 0.443 e. The molecular weight excluding hydrogens is 910 g/mol. The first kappa shape index (κ1) is 51.2. The summed E-state index contributed by atoms with van der Waals surface area (Å²) >= 11 is 0. The number of aromatic nitrogens is 2. The molecule has 2 unspecified atom stereocenters. The highest BCUT2D eigenvalue weighted by molar-refractivity contribution is 8.13. The zero-order valence-electron chi connectivity index (χ0n) is 39.7. The van der Waals surface area contributed by atoms with Gasteiger partial charge in [0.15, 0.2) is 9.84 Å². The first-order chi connectivity index (χ1) is 31.3. The molecule has 8 rings (SSSR count). The highest BCUT2D eigenvalue weighted by Gasteiger charge is 2.28. The number of nitrogen functional groups attached to an aromatic ring is 1. The van der Waals surface area contributed by atoms with Crippen molar-refractivity contribution in [1.82, 2.24) is 18.9 Å². The van der Waals surface area contributed by atoms with Crippen molar-refractivity contribution in [2.75, 3.05) is 44.4 Å². The van der Waals surface area contributed by atoms with Crippen LogP contribution in [0.4, 0.5) is 15.3 Å². The van der Waals surface area contributed by atoms with E-state index in [0.717, 1.165) is 103 Å². The molecule has 2 fully saturated rings. The summed E-state index contributed by atoms with van der Waals surface area (Å²) in [7, 11) is -1.75. The van der Waals surface area contributed by atoms with Crippen LogP contribution in [0.25, 0.3) is 21.8 Å². The zero-order valence-corrected chi connectivity index (χ0v) is 42.1. The number of para-hydroxylation sites is 2. The van der Waals surface area contributed by atoms with Crippen LogP contribution in [0.15, 0.2) is 109 Å². The highest BCUT2D eigenvalue weighted by atomic mass is 35.7. The molecule has 0 saturated carbocycles. The Morgan fingerprint density at radius 2 is 1.06 bits per heavy atom. The predicted octanol–water partition coefficient (Wildman–Crippen LogP) is 10.1. The second-order valence-corrected chi connectivity index (χ2v) is 24.8. The Kier molecular flexibility index (Phi) is 16.0. The number of rotatable bonds is 8. The van der Waals surface area contributed by atoms with Crippen LogP contribution in [0.5, 0.6) is 0 Å². The van der Waals surface area contributed by atoms with E-state index >= 15 is 0 Å². The Balaban J connectivity index is 0.000000202. The summed E-state index contributed by atoms with van der Waals surface area (Å²) in [4.78, 5) is 30.3. The minimum Gasteiger partial charge on any atom is -0.443 e. The molecule has 6 aromatic rings. The van der Waals surface area contributed by atoms with Crippen LogP contribution >= 0.6 is 10.7 Å². The highest BCUT2D eigenvalue weighted by Crippen LogP contribution is 2.33. The molecule has 0 spiro atoms. The van der Waals surface area contributed by atoms with Crippen LogP contribution in [0.3, 0.4) is 0 Å². The molecule has 13 nitrogen and oxygen atoms in total. The summed E-state index contributed by atoms with van der Waals surface area (Å²) in [5.41, 5.74) is 13.0. The number of carbonyl (C=O) groups excluding carboxylic acids is 2. The number of benzene rings is 4. The van der Waals surface area contributed by atoms with Crippen LogP contribution in [-0.4, -0.2) is 97.8 Å². The standard InChI is InChI=1S/C26H32N2O4S.C24H29N3O2.CH3ClO2S/c1-26(2,3)32-25(29)28-17-22(23-10-5-6-11-24(23)28)16-27-13-12-21(15-27)20-9-7-8-19(14-20)18-33(4,30)31;1-24(2,3)29-23(28)27-16-19(21-9-4-5-10-22(21)27)15-26-12-11-18(14-26)17-7-6-8-20(25)13-17;1-5(2,3)4/h5-11,14,17,21H,12-13,15-16,18H2,1-4H3;4-10,13,16,18H,11-12,14-15,25H2,1-3H3;1H3. The maximum atomic E-state index is 12.8. The minimum absolute atomic E-state index is 0.0709. The lowest BCUT2D eigenvalue weighted by molar-refractivity contribution is 0.0532. The topological polar surface area (TPSA) is 163 Å². The van der Waals surface area contributed by atoms with Gasteiger partial charge < -0.3 is 15.2 Å². The Labute approximate surface area is 400 Å². The van der Waals surface area contributed by atoms with Crippen LogP contribution in [0.1, 0.15) is 94.0 Å². The monoisotopic (exact) mass is 973 g/mol. The van der Waals surface area contributed by atoms with Gasteiger partial charge in [0.05, 0.1) is 23.0 Å². The van der Waals surface area contributed by atoms with E-state index in [2.05, 4.69) is 44.7 Å². The van der Waals surface area contributed by atoms with Gasteiger partial charge in [-0.1, -0.05) is 72.8 Å². The molecule has 4 heterocycles. The third-order valence-corrected chi connectivity index (χ3v) is 12.2. The van der Waals surface area contributed by atoms with Gasteiger partial charge in [0.1, 0.15) is 11.2 Å². The van der Waals surface area contributed by atoms with Gasteiger partial charge in [-0.3, -0.25) is 18.9 Å². The first-order valence-electron chi connectivity index (χ1n) is 22.4. The normalized spacial score (nSPS) is 17.1. The smallest absolute Gasteiger partial charge is 0.419 e. The van der Waals surface area contributed by atoms with Gasteiger partial charge in [-0.2, -0.15) is 0 Å². The van der Waals surface area contributed by atoms with Crippen molar-refractivity contribution in [2.24, 2.45) is 0 Å². The Bertz CT molecular complexity index is 2930. The Morgan fingerprint density at radius 1 is 0.642 bits per heavy atom. The van der Waals surface area contributed by atoms with Crippen LogP contribution in [0, 0.1) is 0 Å². The molecule has 2 aliphatic rings. The maximum Gasteiger partial charge on any atom is 0.419 e. The maximum absolute atomic E-state index is 12.8. The molecular formula is C51H64ClN5O8S2. The number of likely N-dealkylation sites (tertiary alicyclic amines) is 2. The molecule has 360 valence electrons. The quantitative estimate of drug-likeness (QED) is 0.114. The van der Waals surface area contributed by atoms with Crippen molar-refractivity contribution < 1.29 is 35.9 Å². The lowest BCUT2D eigenvalue weighted by Crippen LogP contribution is -2.26. The van der Waals surface area contributed by atoms with Crippen molar-refractivity contribution in [2.45, 2.75) is 96.3 Å². The minimum atomic E-state index is -3.19. The lowest BCUT2D eigenvalue weighted by atomic mass is 9.97. The molecule has 2 saturated heterocycles. The molecule has 4 aromatic carbocycles. The molecule has 0 aliphatic carbocycles. The van der Waals surface area contributed by atoms with Crippen molar-refractivity contribution in [1.29, 1.82) is 0 Å². The van der Waals surface area contributed by atoms with E-state index in [4.69, 9.17) is 15.2 Å². The molecule has 0 amide bonds. The van der Waals surface area contributed by atoms with Gasteiger partial charge in [-0.05, 0) is 131 Å². The van der Waals surface area contributed by atoms with E-state index in [9.17, 15) is 26.4 Å². The fourth-order valence-electron chi connectivity index (χ4n) is 8.71. The van der Waals surface area contributed by atoms with Gasteiger partial charge in [-0.15, -0.1) is 0 Å². The number of ether oxygens (including phenoxy) is 2. The summed E-state index contributed by atoms with van der Waals surface area (Å²) in [6, 6.07) is 32.1. The molecule has 0 bridgehead atoms. The third-order valence-electron chi connectivity index (χ3n) is 11.3. The van der Waals surface area contributed by atoms with Crippen LogP contribution < -0.4 is 5.73 Å². The van der Waals surface area contributed by atoms with Crippen molar-refractivity contribution in [3.05, 3.63) is 137 Å². The number of nitrogens with two attached hydrogens (primary N) is 1. The summed E-state index contributed by atoms with van der Waals surface area (Å²) in [6.45, 7) is 16.7. The average Bonchev–Trinajstić information content (AvgIpc) is 4.03. The molecule has 67 heavy (non-hydrogen) atoms. The van der Waals surface area contributed by atoms with Crippen molar-refractivity contribution in [3.63, 3.8) is 0 Å². The Morgan fingerprint density at radius 3 is 1.48 bits per heavy atom. The van der Waals surface area contributed by atoms with E-state index in [1.807, 2.05) is 127 Å². The summed E-state index contributed by atoms with van der Waals surface area (Å²) in [5.74, 6) is 0.933. The second kappa shape index (κ2) is 21.0. The van der Waals surface area contributed by atoms with E-state index in [-0.39, 0.29) is 17.9 Å². The number of hydrogen-bond donors (Lipinski definition) is 1. The van der Waals surface area contributed by atoms with E-state index in [0.29, 0.717) is 11.8 Å². The number of anilines is 1.